The van der Waals surface area contributed by atoms with Gasteiger partial charge in [0.15, 0.2) is 0 Å². The number of ether oxygens (including phenoxy) is 1. The molecule has 2 aliphatic heterocycles. The summed E-state index contributed by atoms with van der Waals surface area (Å²) in [7, 11) is 0. The number of hydrogen-bond acceptors (Lipinski definition) is 3. The van der Waals surface area contributed by atoms with Gasteiger partial charge in [0.2, 0.25) is 5.91 Å². The number of nitrogens with zero attached hydrogens (tertiary/aromatic N) is 1. The van der Waals surface area contributed by atoms with Gasteiger partial charge in [-0.1, -0.05) is 27.2 Å². The van der Waals surface area contributed by atoms with E-state index in [1.54, 1.807) is 0 Å². The van der Waals surface area contributed by atoms with E-state index in [1.807, 2.05) is 0 Å². The topological polar surface area (TPSA) is 41.6 Å². The highest BCUT2D eigenvalue weighted by Crippen LogP contribution is 2.26. The van der Waals surface area contributed by atoms with Gasteiger partial charge < -0.3 is 9.64 Å². The summed E-state index contributed by atoms with van der Waals surface area (Å²) in [6.45, 7) is 8.04. The summed E-state index contributed by atoms with van der Waals surface area (Å²) in [5, 5.41) is 3.52. The molecule has 2 rings (SSSR count). The van der Waals surface area contributed by atoms with Gasteiger partial charge in [0.1, 0.15) is 0 Å². The summed E-state index contributed by atoms with van der Waals surface area (Å²) in [5.41, 5.74) is 0. The Morgan fingerprint density at radius 2 is 2.06 bits per heavy atom. The lowest BCUT2D eigenvalue weighted by molar-refractivity contribution is -0.135. The Balaban J connectivity index is 2.09. The molecule has 0 aromatic rings. The van der Waals surface area contributed by atoms with Crippen molar-refractivity contribution in [1.82, 2.24) is 10.2 Å². The molecule has 0 spiro atoms. The molecule has 3 unspecified atom stereocenters. The molecule has 1 amide bonds. The summed E-state index contributed by atoms with van der Waals surface area (Å²) < 4.78 is 5.40. The highest BCUT2D eigenvalue weighted by atomic mass is 16.5. The highest BCUT2D eigenvalue weighted by molar-refractivity contribution is 5.85. The van der Waals surface area contributed by atoms with E-state index in [4.69, 9.17) is 4.74 Å². The van der Waals surface area contributed by atoms with Gasteiger partial charge in [-0.15, -0.1) is 0 Å². The molecule has 0 aromatic carbocycles. The van der Waals surface area contributed by atoms with Crippen molar-refractivity contribution >= 4 is 5.91 Å². The number of amides is 1. The molecule has 1 N–H and O–H groups in total. The summed E-state index contributed by atoms with van der Waals surface area (Å²) in [6, 6.07) is 0.389. The van der Waals surface area contributed by atoms with Crippen molar-refractivity contribution in [1.29, 1.82) is 0 Å². The fraction of sp³-hybridized carbons (Fsp3) is 0.929. The van der Waals surface area contributed by atoms with Crippen molar-refractivity contribution in [3.63, 3.8) is 0 Å². The van der Waals surface area contributed by atoms with Crippen LogP contribution in [0.15, 0.2) is 0 Å². The van der Waals surface area contributed by atoms with E-state index in [0.717, 1.165) is 38.9 Å². The molecule has 4 heteroatoms. The van der Waals surface area contributed by atoms with Crippen LogP contribution in [-0.4, -0.2) is 42.3 Å². The number of rotatable bonds is 4. The van der Waals surface area contributed by atoms with Crippen LogP contribution in [0.4, 0.5) is 0 Å². The summed E-state index contributed by atoms with van der Waals surface area (Å²) in [4.78, 5) is 14.7. The molecule has 3 atom stereocenters. The predicted octanol–water partition coefficient (Wildman–Crippen LogP) is 1.75. The van der Waals surface area contributed by atoms with Crippen molar-refractivity contribution in [2.75, 3.05) is 13.2 Å². The Morgan fingerprint density at radius 3 is 2.61 bits per heavy atom. The zero-order valence-corrected chi connectivity index (χ0v) is 11.8. The smallest absolute Gasteiger partial charge is 0.241 e. The number of carbonyl (C=O) groups excluding carboxylic acids is 1. The first-order chi connectivity index (χ1) is 8.69. The van der Waals surface area contributed by atoms with Gasteiger partial charge in [-0.05, 0) is 25.2 Å². The summed E-state index contributed by atoms with van der Waals surface area (Å²) in [6.07, 6.45) is 4.21. The van der Waals surface area contributed by atoms with Crippen molar-refractivity contribution < 1.29 is 9.53 Å². The van der Waals surface area contributed by atoms with Crippen LogP contribution in [0, 0.1) is 5.92 Å². The van der Waals surface area contributed by atoms with Gasteiger partial charge in [0, 0.05) is 19.3 Å². The molecule has 2 aliphatic rings. The molecular weight excluding hydrogens is 228 g/mol. The Kier molecular flexibility index (Phi) is 4.62. The Morgan fingerprint density at radius 1 is 1.39 bits per heavy atom. The average molecular weight is 254 g/mol. The third-order valence-electron chi connectivity index (χ3n) is 4.41. The minimum absolute atomic E-state index is 0.0165. The van der Waals surface area contributed by atoms with Crippen molar-refractivity contribution in [3.05, 3.63) is 0 Å². The Bertz CT molecular complexity index is 290. The number of hydrogen-bond donors (Lipinski definition) is 1. The van der Waals surface area contributed by atoms with Crippen LogP contribution in [0.3, 0.4) is 0 Å². The van der Waals surface area contributed by atoms with E-state index >= 15 is 0 Å². The van der Waals surface area contributed by atoms with Crippen LogP contribution in [0.25, 0.3) is 0 Å². The van der Waals surface area contributed by atoms with Gasteiger partial charge in [0.25, 0.3) is 0 Å². The Labute approximate surface area is 110 Å². The lowest BCUT2D eigenvalue weighted by atomic mass is 9.98. The van der Waals surface area contributed by atoms with Crippen LogP contribution in [-0.2, 0) is 9.53 Å². The lowest BCUT2D eigenvalue weighted by Gasteiger charge is -2.34. The predicted molar refractivity (Wildman–Crippen MR) is 71.1 cm³/mol. The number of carbonyl (C=O) groups is 1. The van der Waals surface area contributed by atoms with Crippen molar-refractivity contribution in [3.8, 4) is 0 Å². The second-order valence-corrected chi connectivity index (χ2v) is 5.54. The second-order valence-electron chi connectivity index (χ2n) is 5.54. The first-order valence-electron chi connectivity index (χ1n) is 7.35. The van der Waals surface area contributed by atoms with Crippen LogP contribution in [0.1, 0.15) is 46.5 Å². The zero-order chi connectivity index (χ0) is 13.1. The molecule has 2 heterocycles. The average Bonchev–Trinajstić information content (AvgIpc) is 2.75. The largest absolute Gasteiger partial charge is 0.381 e. The fourth-order valence-corrected chi connectivity index (χ4v) is 3.03. The summed E-state index contributed by atoms with van der Waals surface area (Å²) in [5.74, 6) is 0.722. The van der Waals surface area contributed by atoms with Crippen molar-refractivity contribution in [2.45, 2.75) is 64.7 Å². The van der Waals surface area contributed by atoms with E-state index in [9.17, 15) is 4.79 Å². The van der Waals surface area contributed by atoms with Crippen LogP contribution in [0.5, 0.6) is 0 Å². The van der Waals surface area contributed by atoms with Crippen LogP contribution >= 0.6 is 0 Å². The zero-order valence-electron chi connectivity index (χ0n) is 11.8. The molecule has 0 bridgehead atoms. The molecular formula is C14H26N2O2. The number of nitrogens with one attached hydrogen (secondary N) is 1. The molecule has 18 heavy (non-hydrogen) atoms. The third-order valence-corrected chi connectivity index (χ3v) is 4.41. The van der Waals surface area contributed by atoms with Gasteiger partial charge in [0.05, 0.1) is 12.2 Å². The normalized spacial score (nSPS) is 31.9. The van der Waals surface area contributed by atoms with Gasteiger partial charge in [-0.2, -0.15) is 0 Å². The third kappa shape index (κ3) is 2.54. The first-order valence-corrected chi connectivity index (χ1v) is 7.35. The maximum atomic E-state index is 12.6. The molecule has 0 radical (unpaired) electrons. The van der Waals surface area contributed by atoms with Crippen LogP contribution in [0.2, 0.25) is 0 Å². The monoisotopic (exact) mass is 254 g/mol. The quantitative estimate of drug-likeness (QED) is 0.831. The molecule has 2 saturated heterocycles. The standard InChI is InChI=1S/C14H26N2O2/c1-4-10(3)13-14(17)16(12(5-2)15-13)11-6-8-18-9-7-11/h10-13,15H,4-9H2,1-3H3. The Hall–Kier alpha value is -0.610. The van der Waals surface area contributed by atoms with E-state index < -0.39 is 0 Å². The maximum Gasteiger partial charge on any atom is 0.241 e. The van der Waals surface area contributed by atoms with Gasteiger partial charge in [-0.25, -0.2) is 0 Å². The van der Waals surface area contributed by atoms with Gasteiger partial charge in [-0.3, -0.25) is 10.1 Å². The van der Waals surface area contributed by atoms with Crippen molar-refractivity contribution in [2.24, 2.45) is 5.92 Å². The molecule has 2 fully saturated rings. The SMILES string of the molecule is CCC(C)C1NC(CC)N(C2CCOCC2)C1=O. The highest BCUT2D eigenvalue weighted by Gasteiger charge is 2.43. The molecule has 104 valence electrons. The molecule has 0 aromatic heterocycles. The van der Waals surface area contributed by atoms with E-state index in [1.165, 1.54) is 0 Å². The summed E-state index contributed by atoms with van der Waals surface area (Å²) >= 11 is 0. The minimum Gasteiger partial charge on any atom is -0.381 e. The molecule has 0 saturated carbocycles. The van der Waals surface area contributed by atoms with E-state index in [-0.39, 0.29) is 12.2 Å². The first kappa shape index (κ1) is 13.8. The van der Waals surface area contributed by atoms with E-state index in [2.05, 4.69) is 31.0 Å². The molecule has 4 nitrogen and oxygen atoms in total. The minimum atomic E-state index is 0.0165. The second kappa shape index (κ2) is 6.02. The lowest BCUT2D eigenvalue weighted by Crippen LogP contribution is -2.46. The van der Waals surface area contributed by atoms with Crippen LogP contribution < -0.4 is 5.32 Å². The maximum absolute atomic E-state index is 12.6. The van der Waals surface area contributed by atoms with E-state index in [0.29, 0.717) is 17.9 Å². The fourth-order valence-electron chi connectivity index (χ4n) is 3.03. The molecule has 0 aliphatic carbocycles. The van der Waals surface area contributed by atoms with Gasteiger partial charge >= 0.3 is 0 Å².